The minimum atomic E-state index is 0.255. The summed E-state index contributed by atoms with van der Waals surface area (Å²) in [7, 11) is 1.67. The predicted molar refractivity (Wildman–Crippen MR) is 89.2 cm³/mol. The quantitative estimate of drug-likeness (QED) is 0.855. The highest BCUT2D eigenvalue weighted by Crippen LogP contribution is 2.27. The van der Waals surface area contributed by atoms with E-state index in [1.54, 1.807) is 7.11 Å². The Morgan fingerprint density at radius 2 is 1.95 bits per heavy atom. The van der Waals surface area contributed by atoms with Crippen LogP contribution in [0.3, 0.4) is 0 Å². The van der Waals surface area contributed by atoms with Crippen LogP contribution in [0.4, 0.5) is 0 Å². The minimum Gasteiger partial charge on any atom is -0.496 e. The van der Waals surface area contributed by atoms with E-state index in [1.807, 2.05) is 18.2 Å². The number of rotatable bonds is 5. The van der Waals surface area contributed by atoms with Gasteiger partial charge in [0, 0.05) is 23.2 Å². The van der Waals surface area contributed by atoms with Gasteiger partial charge in [-0.05, 0) is 44.0 Å². The van der Waals surface area contributed by atoms with Crippen molar-refractivity contribution in [3.8, 4) is 5.75 Å². The van der Waals surface area contributed by atoms with Crippen LogP contribution in [0, 0.1) is 13.8 Å². The topological polar surface area (TPSA) is 21.3 Å². The molecule has 0 spiro atoms. The van der Waals surface area contributed by atoms with Crippen molar-refractivity contribution in [2.75, 3.05) is 7.11 Å². The highest BCUT2D eigenvalue weighted by atomic mass is 35.5. The molecule has 0 aliphatic carbocycles. The molecule has 0 aliphatic heterocycles. The van der Waals surface area contributed by atoms with Gasteiger partial charge in [-0.3, -0.25) is 0 Å². The molecule has 0 fully saturated rings. The van der Waals surface area contributed by atoms with Gasteiger partial charge in [0.25, 0.3) is 0 Å². The average molecular weight is 304 g/mol. The summed E-state index contributed by atoms with van der Waals surface area (Å²) in [5.74, 6) is 0.822. The lowest BCUT2D eigenvalue weighted by molar-refractivity contribution is 0.406. The van der Waals surface area contributed by atoms with Crippen molar-refractivity contribution >= 4 is 11.6 Å². The average Bonchev–Trinajstić information content (AvgIpc) is 2.47. The summed E-state index contributed by atoms with van der Waals surface area (Å²) in [6, 6.07) is 12.5. The number of nitrogens with one attached hydrogen (secondary N) is 1. The smallest absolute Gasteiger partial charge is 0.124 e. The first-order chi connectivity index (χ1) is 10.0. The van der Waals surface area contributed by atoms with E-state index in [0.29, 0.717) is 6.54 Å². The number of halogens is 1. The van der Waals surface area contributed by atoms with Crippen LogP contribution in [-0.2, 0) is 6.54 Å². The molecule has 0 saturated carbocycles. The highest BCUT2D eigenvalue weighted by Gasteiger charge is 2.12. The molecule has 2 rings (SSSR count). The molecular formula is C18H22ClNO. The third kappa shape index (κ3) is 3.78. The molecule has 112 valence electrons. The van der Waals surface area contributed by atoms with E-state index in [2.05, 4.69) is 44.3 Å². The number of benzene rings is 2. The van der Waals surface area contributed by atoms with Crippen LogP contribution in [0.15, 0.2) is 36.4 Å². The SMILES string of the molecule is COc1cccc(Cl)c1CNC(C)c1cc(C)ccc1C. The molecule has 0 bridgehead atoms. The van der Waals surface area contributed by atoms with Gasteiger partial charge in [-0.25, -0.2) is 0 Å². The monoisotopic (exact) mass is 303 g/mol. The fourth-order valence-electron chi connectivity index (χ4n) is 2.49. The van der Waals surface area contributed by atoms with Crippen LogP contribution in [0.1, 0.15) is 35.2 Å². The first-order valence-corrected chi connectivity index (χ1v) is 7.52. The van der Waals surface area contributed by atoms with Crippen molar-refractivity contribution in [1.82, 2.24) is 5.32 Å². The fraction of sp³-hybridized carbons (Fsp3) is 0.333. The maximum absolute atomic E-state index is 6.27. The Hall–Kier alpha value is -1.51. The Morgan fingerprint density at radius 1 is 1.19 bits per heavy atom. The molecule has 0 radical (unpaired) electrons. The molecule has 0 aromatic heterocycles. The van der Waals surface area contributed by atoms with E-state index >= 15 is 0 Å². The lowest BCUT2D eigenvalue weighted by Crippen LogP contribution is -2.19. The lowest BCUT2D eigenvalue weighted by Gasteiger charge is -2.19. The summed E-state index contributed by atoms with van der Waals surface area (Å²) in [5.41, 5.74) is 4.89. The summed E-state index contributed by atoms with van der Waals surface area (Å²) in [5, 5.41) is 4.27. The van der Waals surface area contributed by atoms with Crippen molar-refractivity contribution in [3.05, 3.63) is 63.7 Å². The number of ether oxygens (including phenoxy) is 1. The molecule has 2 nitrogen and oxygen atoms in total. The molecule has 3 heteroatoms. The van der Waals surface area contributed by atoms with Gasteiger partial charge in [-0.15, -0.1) is 0 Å². The van der Waals surface area contributed by atoms with Crippen LogP contribution >= 0.6 is 11.6 Å². The van der Waals surface area contributed by atoms with Crippen LogP contribution in [0.5, 0.6) is 5.75 Å². The van der Waals surface area contributed by atoms with Crippen molar-refractivity contribution in [2.24, 2.45) is 0 Å². The minimum absolute atomic E-state index is 0.255. The van der Waals surface area contributed by atoms with Gasteiger partial charge in [0.05, 0.1) is 7.11 Å². The van der Waals surface area contributed by atoms with E-state index in [4.69, 9.17) is 16.3 Å². The molecule has 0 saturated heterocycles. The van der Waals surface area contributed by atoms with Gasteiger partial charge in [0.15, 0.2) is 0 Å². The second-order valence-electron chi connectivity index (χ2n) is 5.38. The van der Waals surface area contributed by atoms with Crippen LogP contribution in [-0.4, -0.2) is 7.11 Å². The number of aryl methyl sites for hydroxylation is 2. The molecule has 2 aromatic carbocycles. The number of hydrogen-bond donors (Lipinski definition) is 1. The molecular weight excluding hydrogens is 282 g/mol. The van der Waals surface area contributed by atoms with Crippen molar-refractivity contribution < 1.29 is 4.74 Å². The summed E-state index contributed by atoms with van der Waals surface area (Å²) in [4.78, 5) is 0. The van der Waals surface area contributed by atoms with E-state index in [-0.39, 0.29) is 6.04 Å². The Bertz CT molecular complexity index is 625. The highest BCUT2D eigenvalue weighted by molar-refractivity contribution is 6.31. The van der Waals surface area contributed by atoms with Gasteiger partial charge in [-0.1, -0.05) is 41.4 Å². The van der Waals surface area contributed by atoms with E-state index in [1.165, 1.54) is 16.7 Å². The van der Waals surface area contributed by atoms with E-state index in [9.17, 15) is 0 Å². The Kier molecular flexibility index (Phi) is 5.27. The number of hydrogen-bond acceptors (Lipinski definition) is 2. The zero-order valence-corrected chi connectivity index (χ0v) is 13.8. The third-order valence-corrected chi connectivity index (χ3v) is 4.14. The Labute approximate surface area is 132 Å². The normalized spacial score (nSPS) is 12.2. The molecule has 1 N–H and O–H groups in total. The van der Waals surface area contributed by atoms with Crippen LogP contribution in [0.2, 0.25) is 5.02 Å². The van der Waals surface area contributed by atoms with Crippen molar-refractivity contribution in [1.29, 1.82) is 0 Å². The first kappa shape index (κ1) is 15.9. The van der Waals surface area contributed by atoms with Crippen LogP contribution < -0.4 is 10.1 Å². The van der Waals surface area contributed by atoms with Crippen molar-refractivity contribution in [3.63, 3.8) is 0 Å². The van der Waals surface area contributed by atoms with Gasteiger partial charge >= 0.3 is 0 Å². The lowest BCUT2D eigenvalue weighted by atomic mass is 10.00. The summed E-state index contributed by atoms with van der Waals surface area (Å²) in [6.07, 6.45) is 0. The molecule has 1 atom stereocenters. The molecule has 0 heterocycles. The largest absolute Gasteiger partial charge is 0.496 e. The molecule has 21 heavy (non-hydrogen) atoms. The van der Waals surface area contributed by atoms with Gasteiger partial charge < -0.3 is 10.1 Å². The Morgan fingerprint density at radius 3 is 2.67 bits per heavy atom. The third-order valence-electron chi connectivity index (χ3n) is 3.78. The first-order valence-electron chi connectivity index (χ1n) is 7.15. The van der Waals surface area contributed by atoms with Crippen LogP contribution in [0.25, 0.3) is 0 Å². The molecule has 0 amide bonds. The summed E-state index contributed by atoms with van der Waals surface area (Å²) >= 11 is 6.27. The van der Waals surface area contributed by atoms with Crippen molar-refractivity contribution in [2.45, 2.75) is 33.4 Å². The van der Waals surface area contributed by atoms with Gasteiger partial charge in [0.1, 0.15) is 5.75 Å². The molecule has 1 unspecified atom stereocenters. The fourth-order valence-corrected chi connectivity index (χ4v) is 2.73. The maximum atomic E-state index is 6.27. The van der Waals surface area contributed by atoms with E-state index < -0.39 is 0 Å². The molecule has 2 aromatic rings. The van der Waals surface area contributed by atoms with E-state index in [0.717, 1.165) is 16.3 Å². The summed E-state index contributed by atoms with van der Waals surface area (Å²) < 4.78 is 5.38. The zero-order valence-electron chi connectivity index (χ0n) is 13.0. The second-order valence-corrected chi connectivity index (χ2v) is 5.79. The summed E-state index contributed by atoms with van der Waals surface area (Å²) in [6.45, 7) is 7.11. The van der Waals surface area contributed by atoms with Gasteiger partial charge in [-0.2, -0.15) is 0 Å². The second kappa shape index (κ2) is 6.97. The standard InChI is InChI=1S/C18H22ClNO/c1-12-8-9-13(2)15(10-12)14(3)20-11-16-17(19)6-5-7-18(16)21-4/h5-10,14,20H,11H2,1-4H3. The Balaban J connectivity index is 2.15. The number of methoxy groups -OCH3 is 1. The predicted octanol–water partition coefficient (Wildman–Crippen LogP) is 4.82. The van der Waals surface area contributed by atoms with Gasteiger partial charge in [0.2, 0.25) is 0 Å². The maximum Gasteiger partial charge on any atom is 0.124 e. The molecule has 0 aliphatic rings. The zero-order chi connectivity index (χ0) is 15.4.